The van der Waals surface area contributed by atoms with Crippen LogP contribution in [0.5, 0.6) is 0 Å². The van der Waals surface area contributed by atoms with Crippen LogP contribution in [0.3, 0.4) is 0 Å². The van der Waals surface area contributed by atoms with E-state index in [0.29, 0.717) is 5.89 Å². The maximum Gasteiger partial charge on any atom is 0.227 e. The molecule has 0 spiro atoms. The van der Waals surface area contributed by atoms with Gasteiger partial charge in [0.2, 0.25) is 5.89 Å². The quantitative estimate of drug-likeness (QED) is 0.221. The Morgan fingerprint density at radius 1 is 0.452 bits per heavy atom. The summed E-state index contributed by atoms with van der Waals surface area (Å²) in [5, 5.41) is 4.09. The van der Waals surface area contributed by atoms with Crippen LogP contribution in [-0.2, 0) is 0 Å². The van der Waals surface area contributed by atoms with E-state index in [-0.39, 0.29) is 0 Å². The summed E-state index contributed by atoms with van der Waals surface area (Å²) in [5.74, 6) is 0.591. The van der Waals surface area contributed by atoms with E-state index in [1.54, 1.807) is 0 Å². The number of fused-ring (bicyclic) bond motifs is 8. The zero-order valence-corrected chi connectivity index (χ0v) is 22.3. The average molecular weight is 543 g/mol. The standard InChI is InChI=1S/C37H22N2O3/c1-3-9-23(10-4-1)37-38-30-18-20-33-35(36(30)42-37)29-21-25(16-19-32(29)40-33)39(24-11-5-2-6-12-24)26-15-17-28-27-13-7-8-14-31(27)41-34(28)22-26/h1-22H. The molecule has 0 N–H and O–H groups in total. The van der Waals surface area contributed by atoms with Crippen LogP contribution in [0.25, 0.3) is 66.4 Å². The van der Waals surface area contributed by atoms with Gasteiger partial charge in [0.25, 0.3) is 0 Å². The Kier molecular flexibility index (Phi) is 4.83. The van der Waals surface area contributed by atoms with Crippen molar-refractivity contribution in [1.82, 2.24) is 4.98 Å². The highest BCUT2D eigenvalue weighted by molar-refractivity contribution is 6.17. The molecule has 42 heavy (non-hydrogen) atoms. The van der Waals surface area contributed by atoms with E-state index in [1.807, 2.05) is 72.8 Å². The van der Waals surface area contributed by atoms with Gasteiger partial charge in [-0.2, -0.15) is 0 Å². The summed E-state index contributed by atoms with van der Waals surface area (Å²) in [6.07, 6.45) is 0. The minimum atomic E-state index is 0.591. The van der Waals surface area contributed by atoms with Crippen LogP contribution in [0, 0.1) is 0 Å². The predicted octanol–water partition coefficient (Wildman–Crippen LogP) is 10.8. The lowest BCUT2D eigenvalue weighted by Crippen LogP contribution is -2.09. The molecule has 3 heterocycles. The van der Waals surface area contributed by atoms with Crippen molar-refractivity contribution >= 4 is 72.0 Å². The van der Waals surface area contributed by atoms with E-state index in [9.17, 15) is 0 Å². The summed E-state index contributed by atoms with van der Waals surface area (Å²) in [7, 11) is 0. The molecule has 0 aliphatic carbocycles. The van der Waals surface area contributed by atoms with Crippen LogP contribution in [0.1, 0.15) is 0 Å². The molecule has 198 valence electrons. The lowest BCUT2D eigenvalue weighted by atomic mass is 10.1. The van der Waals surface area contributed by atoms with Crippen molar-refractivity contribution in [3.8, 4) is 11.5 Å². The normalized spacial score (nSPS) is 11.8. The van der Waals surface area contributed by atoms with E-state index < -0.39 is 0 Å². The van der Waals surface area contributed by atoms with Crippen LogP contribution in [0.2, 0.25) is 0 Å². The van der Waals surface area contributed by atoms with Crippen molar-refractivity contribution in [3.05, 3.63) is 133 Å². The monoisotopic (exact) mass is 542 g/mol. The molecule has 0 saturated heterocycles. The zero-order chi connectivity index (χ0) is 27.6. The third kappa shape index (κ3) is 3.47. The summed E-state index contributed by atoms with van der Waals surface area (Å²) in [4.78, 5) is 7.03. The lowest BCUT2D eigenvalue weighted by molar-refractivity contribution is 0.622. The number of para-hydroxylation sites is 2. The lowest BCUT2D eigenvalue weighted by Gasteiger charge is -2.25. The Balaban J connectivity index is 1.26. The molecular formula is C37H22N2O3. The Hall–Kier alpha value is -5.81. The number of rotatable bonds is 4. The first-order chi connectivity index (χ1) is 20.8. The van der Waals surface area contributed by atoms with Gasteiger partial charge in [0, 0.05) is 44.9 Å². The van der Waals surface area contributed by atoms with Crippen LogP contribution in [0.15, 0.2) is 147 Å². The Morgan fingerprint density at radius 3 is 2.00 bits per heavy atom. The number of benzene rings is 6. The van der Waals surface area contributed by atoms with Crippen molar-refractivity contribution < 1.29 is 13.3 Å². The second-order valence-electron chi connectivity index (χ2n) is 10.4. The van der Waals surface area contributed by atoms with Crippen LogP contribution in [-0.4, -0.2) is 4.98 Å². The fraction of sp³-hybridized carbons (Fsp3) is 0. The van der Waals surface area contributed by atoms with E-state index in [1.165, 1.54) is 0 Å². The maximum absolute atomic E-state index is 6.38. The number of nitrogens with zero attached hydrogens (tertiary/aromatic N) is 2. The van der Waals surface area contributed by atoms with Gasteiger partial charge in [-0.15, -0.1) is 0 Å². The first-order valence-electron chi connectivity index (χ1n) is 13.9. The molecule has 9 aromatic rings. The van der Waals surface area contributed by atoms with Crippen molar-refractivity contribution in [2.75, 3.05) is 4.90 Å². The van der Waals surface area contributed by atoms with Gasteiger partial charge in [-0.25, -0.2) is 4.98 Å². The first-order valence-corrected chi connectivity index (χ1v) is 13.9. The molecule has 0 saturated carbocycles. The molecule has 0 unspecified atom stereocenters. The van der Waals surface area contributed by atoms with Gasteiger partial charge in [0.1, 0.15) is 27.8 Å². The number of oxazole rings is 1. The average Bonchev–Trinajstić information content (AvgIpc) is 3.75. The highest BCUT2D eigenvalue weighted by Crippen LogP contribution is 2.42. The molecule has 0 amide bonds. The molecule has 0 aliphatic rings. The predicted molar refractivity (Wildman–Crippen MR) is 169 cm³/mol. The molecule has 6 aromatic carbocycles. The van der Waals surface area contributed by atoms with Crippen LogP contribution in [0.4, 0.5) is 17.1 Å². The second kappa shape index (κ2) is 8.85. The van der Waals surface area contributed by atoms with Crippen molar-refractivity contribution in [3.63, 3.8) is 0 Å². The molecule has 0 aliphatic heterocycles. The van der Waals surface area contributed by atoms with E-state index >= 15 is 0 Å². The zero-order valence-electron chi connectivity index (χ0n) is 22.3. The first kappa shape index (κ1) is 22.9. The molecule has 3 aromatic heterocycles. The largest absolute Gasteiger partial charge is 0.456 e. The van der Waals surface area contributed by atoms with Crippen LogP contribution >= 0.6 is 0 Å². The summed E-state index contributed by atoms with van der Waals surface area (Å²) in [6, 6.07) is 45.1. The van der Waals surface area contributed by atoms with Gasteiger partial charge in [-0.3, -0.25) is 0 Å². The minimum Gasteiger partial charge on any atom is -0.456 e. The summed E-state index contributed by atoms with van der Waals surface area (Å²) < 4.78 is 18.9. The summed E-state index contributed by atoms with van der Waals surface area (Å²) >= 11 is 0. The molecule has 0 fully saturated rings. The number of anilines is 3. The van der Waals surface area contributed by atoms with E-state index in [0.717, 1.165) is 77.6 Å². The highest BCUT2D eigenvalue weighted by atomic mass is 16.4. The highest BCUT2D eigenvalue weighted by Gasteiger charge is 2.20. The fourth-order valence-electron chi connectivity index (χ4n) is 5.96. The molecule has 5 nitrogen and oxygen atoms in total. The molecule has 9 rings (SSSR count). The van der Waals surface area contributed by atoms with Gasteiger partial charge in [0.15, 0.2) is 5.58 Å². The fourth-order valence-corrected chi connectivity index (χ4v) is 5.96. The van der Waals surface area contributed by atoms with E-state index in [4.69, 9.17) is 18.2 Å². The molecular weight excluding hydrogens is 520 g/mol. The van der Waals surface area contributed by atoms with Gasteiger partial charge in [-0.05, 0) is 72.8 Å². The molecule has 5 heteroatoms. The summed E-state index contributed by atoms with van der Waals surface area (Å²) in [6.45, 7) is 0. The number of hydrogen-bond donors (Lipinski definition) is 0. The van der Waals surface area contributed by atoms with Crippen LogP contribution < -0.4 is 4.90 Å². The molecule has 0 radical (unpaired) electrons. The minimum absolute atomic E-state index is 0.591. The number of aromatic nitrogens is 1. The van der Waals surface area contributed by atoms with Gasteiger partial charge in [-0.1, -0.05) is 54.6 Å². The molecule has 0 bridgehead atoms. The smallest absolute Gasteiger partial charge is 0.227 e. The van der Waals surface area contributed by atoms with Crippen molar-refractivity contribution in [1.29, 1.82) is 0 Å². The van der Waals surface area contributed by atoms with Gasteiger partial charge in [0.05, 0.1) is 5.39 Å². The second-order valence-corrected chi connectivity index (χ2v) is 10.4. The number of hydrogen-bond acceptors (Lipinski definition) is 5. The Labute approximate surface area is 239 Å². The Morgan fingerprint density at radius 2 is 1.12 bits per heavy atom. The third-order valence-corrected chi connectivity index (χ3v) is 7.89. The van der Waals surface area contributed by atoms with Crippen molar-refractivity contribution in [2.45, 2.75) is 0 Å². The molecule has 0 atom stereocenters. The SMILES string of the molecule is c1ccc(-c2nc3ccc4oc5ccc(N(c6ccccc6)c6ccc7c(c6)oc6ccccc67)cc5c4c3o2)cc1. The topological polar surface area (TPSA) is 55.6 Å². The van der Waals surface area contributed by atoms with Crippen molar-refractivity contribution in [2.24, 2.45) is 0 Å². The third-order valence-electron chi connectivity index (χ3n) is 7.89. The van der Waals surface area contributed by atoms with Gasteiger partial charge >= 0.3 is 0 Å². The summed E-state index contributed by atoms with van der Waals surface area (Å²) in [5.41, 5.74) is 8.77. The maximum atomic E-state index is 6.38. The number of furan rings is 2. The van der Waals surface area contributed by atoms with E-state index in [2.05, 4.69) is 65.6 Å². The Bertz CT molecular complexity index is 2420. The van der Waals surface area contributed by atoms with Gasteiger partial charge < -0.3 is 18.2 Å².